The lowest BCUT2D eigenvalue weighted by molar-refractivity contribution is 0.356. The van der Waals surface area contributed by atoms with E-state index in [1.54, 1.807) is 6.08 Å². The smallest absolute Gasteiger partial charge is 0.244 e. The number of hydrogen-bond acceptors (Lipinski definition) is 4. The van der Waals surface area contributed by atoms with Gasteiger partial charge in [0.2, 0.25) is 11.7 Å². The number of rotatable bonds is 4. The van der Waals surface area contributed by atoms with E-state index in [-0.39, 0.29) is 6.04 Å². The van der Waals surface area contributed by atoms with Crippen molar-refractivity contribution in [3.8, 4) is 11.4 Å². The maximum absolute atomic E-state index is 5.85. The van der Waals surface area contributed by atoms with Crippen LogP contribution < -0.4 is 5.73 Å². The highest BCUT2D eigenvalue weighted by molar-refractivity contribution is 9.10. The van der Waals surface area contributed by atoms with Crippen LogP contribution in [0.3, 0.4) is 0 Å². The van der Waals surface area contributed by atoms with Crippen molar-refractivity contribution in [1.29, 1.82) is 0 Å². The number of nitrogens with two attached hydrogens (primary N) is 1. The Morgan fingerprint density at radius 1 is 1.53 bits per heavy atom. The summed E-state index contributed by atoms with van der Waals surface area (Å²) in [6, 6.07) is 7.40. The molecule has 4 nitrogen and oxygen atoms in total. The highest BCUT2D eigenvalue weighted by Gasteiger charge is 2.14. The first-order valence-electron chi connectivity index (χ1n) is 5.16. The second-order valence-corrected chi connectivity index (χ2v) is 4.51. The Bertz CT molecular complexity index is 524. The molecule has 1 unspecified atom stereocenters. The third-order valence-electron chi connectivity index (χ3n) is 2.26. The van der Waals surface area contributed by atoms with E-state index in [1.165, 1.54) is 0 Å². The summed E-state index contributed by atoms with van der Waals surface area (Å²) in [6.45, 7) is 3.63. The molecule has 0 fully saturated rings. The fraction of sp³-hybridized carbons (Fsp3) is 0.167. The standard InChI is InChI=1S/C12H12BrN3O/c1-2-4-10(14)12-15-11(16-17-12)8-5-3-6-9(13)7-8/h2-3,5-7,10H,1,4,14H2. The highest BCUT2D eigenvalue weighted by Crippen LogP contribution is 2.22. The molecule has 0 spiro atoms. The van der Waals surface area contributed by atoms with Gasteiger partial charge in [-0.05, 0) is 18.6 Å². The van der Waals surface area contributed by atoms with Crippen molar-refractivity contribution in [3.63, 3.8) is 0 Å². The van der Waals surface area contributed by atoms with Crippen molar-refractivity contribution >= 4 is 15.9 Å². The summed E-state index contributed by atoms with van der Waals surface area (Å²) in [5, 5.41) is 3.91. The van der Waals surface area contributed by atoms with E-state index in [4.69, 9.17) is 10.3 Å². The van der Waals surface area contributed by atoms with Gasteiger partial charge in [-0.1, -0.05) is 39.3 Å². The van der Waals surface area contributed by atoms with Gasteiger partial charge in [0, 0.05) is 10.0 Å². The van der Waals surface area contributed by atoms with Crippen LogP contribution in [0.1, 0.15) is 18.4 Å². The topological polar surface area (TPSA) is 64.9 Å². The maximum atomic E-state index is 5.85. The van der Waals surface area contributed by atoms with Crippen LogP contribution in [0.5, 0.6) is 0 Å². The van der Waals surface area contributed by atoms with E-state index < -0.39 is 0 Å². The van der Waals surface area contributed by atoms with Gasteiger partial charge in [-0.2, -0.15) is 4.98 Å². The van der Waals surface area contributed by atoms with E-state index >= 15 is 0 Å². The number of benzene rings is 1. The second kappa shape index (κ2) is 5.25. The van der Waals surface area contributed by atoms with E-state index in [0.29, 0.717) is 18.1 Å². The quantitative estimate of drug-likeness (QED) is 0.880. The number of hydrogen-bond donors (Lipinski definition) is 1. The van der Waals surface area contributed by atoms with Crippen molar-refractivity contribution in [3.05, 3.63) is 47.3 Å². The number of nitrogens with zero attached hydrogens (tertiary/aromatic N) is 2. The largest absolute Gasteiger partial charge is 0.337 e. The van der Waals surface area contributed by atoms with E-state index in [1.807, 2.05) is 24.3 Å². The first-order valence-corrected chi connectivity index (χ1v) is 5.96. The van der Waals surface area contributed by atoms with Gasteiger partial charge in [-0.15, -0.1) is 6.58 Å². The van der Waals surface area contributed by atoms with Gasteiger partial charge in [-0.25, -0.2) is 0 Å². The van der Waals surface area contributed by atoms with Gasteiger partial charge in [0.15, 0.2) is 0 Å². The van der Waals surface area contributed by atoms with Crippen LogP contribution in [0.4, 0.5) is 0 Å². The number of aromatic nitrogens is 2. The molecule has 0 amide bonds. The van der Waals surface area contributed by atoms with Crippen LogP contribution in [0.25, 0.3) is 11.4 Å². The fourth-order valence-corrected chi connectivity index (χ4v) is 1.81. The minimum Gasteiger partial charge on any atom is -0.337 e. The van der Waals surface area contributed by atoms with Gasteiger partial charge in [0.05, 0.1) is 6.04 Å². The van der Waals surface area contributed by atoms with E-state index in [2.05, 4.69) is 32.6 Å². The molecule has 0 saturated heterocycles. The number of halogens is 1. The van der Waals surface area contributed by atoms with Crippen LogP contribution in [-0.4, -0.2) is 10.1 Å². The molecule has 17 heavy (non-hydrogen) atoms. The zero-order valence-corrected chi connectivity index (χ0v) is 10.7. The van der Waals surface area contributed by atoms with Crippen molar-refractivity contribution in [2.75, 3.05) is 0 Å². The van der Waals surface area contributed by atoms with Gasteiger partial charge < -0.3 is 10.3 Å². The minimum absolute atomic E-state index is 0.291. The Morgan fingerprint density at radius 2 is 2.35 bits per heavy atom. The molecule has 0 saturated carbocycles. The molecule has 0 aliphatic rings. The first-order chi connectivity index (χ1) is 8.20. The summed E-state index contributed by atoms with van der Waals surface area (Å²) in [4.78, 5) is 4.27. The Labute approximate surface area is 108 Å². The fourth-order valence-electron chi connectivity index (χ4n) is 1.41. The predicted molar refractivity (Wildman–Crippen MR) is 69.2 cm³/mol. The SMILES string of the molecule is C=CCC(N)c1nc(-c2cccc(Br)c2)no1. The molecule has 0 bridgehead atoms. The Morgan fingerprint density at radius 3 is 3.06 bits per heavy atom. The average Bonchev–Trinajstić information content (AvgIpc) is 2.78. The third kappa shape index (κ3) is 2.81. The normalized spacial score (nSPS) is 12.4. The van der Waals surface area contributed by atoms with Gasteiger partial charge >= 0.3 is 0 Å². The van der Waals surface area contributed by atoms with Crippen molar-refractivity contribution in [2.45, 2.75) is 12.5 Å². The minimum atomic E-state index is -0.291. The lowest BCUT2D eigenvalue weighted by atomic mass is 10.2. The molecule has 5 heteroatoms. The van der Waals surface area contributed by atoms with Crippen molar-refractivity contribution in [2.24, 2.45) is 5.73 Å². The lowest BCUT2D eigenvalue weighted by Crippen LogP contribution is -2.09. The third-order valence-corrected chi connectivity index (χ3v) is 2.76. The molecular weight excluding hydrogens is 282 g/mol. The van der Waals surface area contributed by atoms with E-state index in [0.717, 1.165) is 10.0 Å². The van der Waals surface area contributed by atoms with Crippen LogP contribution in [0.2, 0.25) is 0 Å². The zero-order chi connectivity index (χ0) is 12.3. The first kappa shape index (κ1) is 12.0. The van der Waals surface area contributed by atoms with Crippen LogP contribution in [0, 0.1) is 0 Å². The summed E-state index contributed by atoms with van der Waals surface area (Å²) in [5.41, 5.74) is 6.74. The van der Waals surface area contributed by atoms with Gasteiger partial charge in [0.1, 0.15) is 0 Å². The van der Waals surface area contributed by atoms with Crippen LogP contribution >= 0.6 is 15.9 Å². The second-order valence-electron chi connectivity index (χ2n) is 3.60. The van der Waals surface area contributed by atoms with Crippen molar-refractivity contribution in [1.82, 2.24) is 10.1 Å². The average molecular weight is 294 g/mol. The summed E-state index contributed by atoms with van der Waals surface area (Å²) >= 11 is 3.40. The summed E-state index contributed by atoms with van der Waals surface area (Å²) < 4.78 is 6.09. The molecule has 0 aliphatic heterocycles. The van der Waals surface area contributed by atoms with E-state index in [9.17, 15) is 0 Å². The predicted octanol–water partition coefficient (Wildman–Crippen LogP) is 3.08. The molecule has 1 aromatic carbocycles. The Balaban J connectivity index is 2.26. The molecule has 1 atom stereocenters. The molecular formula is C12H12BrN3O. The van der Waals surface area contributed by atoms with Crippen LogP contribution in [-0.2, 0) is 0 Å². The monoisotopic (exact) mass is 293 g/mol. The summed E-state index contributed by atoms with van der Waals surface area (Å²) in [6.07, 6.45) is 2.34. The highest BCUT2D eigenvalue weighted by atomic mass is 79.9. The summed E-state index contributed by atoms with van der Waals surface area (Å²) in [7, 11) is 0. The molecule has 1 aromatic heterocycles. The van der Waals surface area contributed by atoms with Gasteiger partial charge in [0.25, 0.3) is 0 Å². The maximum Gasteiger partial charge on any atom is 0.244 e. The Kier molecular flexibility index (Phi) is 3.71. The molecule has 0 radical (unpaired) electrons. The molecule has 2 rings (SSSR count). The van der Waals surface area contributed by atoms with Crippen LogP contribution in [0.15, 0.2) is 45.9 Å². The van der Waals surface area contributed by atoms with Crippen molar-refractivity contribution < 1.29 is 4.52 Å². The molecule has 0 aliphatic carbocycles. The molecule has 88 valence electrons. The van der Waals surface area contributed by atoms with Gasteiger partial charge in [-0.3, -0.25) is 0 Å². The molecule has 2 N–H and O–H groups in total. The summed E-state index contributed by atoms with van der Waals surface area (Å²) in [5.74, 6) is 0.973. The Hall–Kier alpha value is -1.46. The lowest BCUT2D eigenvalue weighted by Gasteiger charge is -2.00. The zero-order valence-electron chi connectivity index (χ0n) is 9.14. The molecule has 1 heterocycles. The molecule has 2 aromatic rings.